The number of nitriles is 1. The van der Waals surface area contributed by atoms with E-state index >= 15 is 0 Å². The van der Waals surface area contributed by atoms with Crippen LogP contribution in [0.4, 0.5) is 71.5 Å². The fourth-order valence-corrected chi connectivity index (χ4v) is 2.45. The van der Waals surface area contributed by atoms with Gasteiger partial charge in [0.15, 0.2) is 0 Å². The van der Waals surface area contributed by atoms with Crippen LogP contribution < -0.4 is 5.32 Å². The van der Waals surface area contributed by atoms with Gasteiger partial charge in [-0.1, -0.05) is 12.1 Å². The minimum Gasteiger partial charge on any atom is -0.321 e. The van der Waals surface area contributed by atoms with Crippen LogP contribution >= 0.6 is 0 Å². The molecule has 0 unspecified atom stereocenters. The Morgan fingerprint density at radius 2 is 1.11 bits per heavy atom. The number of hydrogen-bond acceptors (Lipinski definition) is 2. The van der Waals surface area contributed by atoms with Crippen molar-refractivity contribution in [1.29, 1.82) is 5.26 Å². The van der Waals surface area contributed by atoms with Gasteiger partial charge in [0.05, 0.1) is 6.07 Å². The molecular formula is C18H11F15N2O. The number of anilines is 1. The molecule has 0 spiro atoms. The van der Waals surface area contributed by atoms with Crippen molar-refractivity contribution in [3.63, 3.8) is 0 Å². The Labute approximate surface area is 190 Å². The number of rotatable bonds is 10. The average molecular weight is 556 g/mol. The molecule has 0 fully saturated rings. The molecule has 1 aromatic carbocycles. The zero-order valence-corrected chi connectivity index (χ0v) is 17.0. The summed E-state index contributed by atoms with van der Waals surface area (Å²) in [4.78, 5) is 11.5. The van der Waals surface area contributed by atoms with Crippen molar-refractivity contribution in [2.45, 2.75) is 61.0 Å². The number of benzene rings is 1. The smallest absolute Gasteiger partial charge is 0.321 e. The van der Waals surface area contributed by atoms with Crippen LogP contribution in [-0.4, -0.2) is 47.6 Å². The van der Waals surface area contributed by atoms with Crippen molar-refractivity contribution in [3.8, 4) is 6.07 Å². The van der Waals surface area contributed by atoms with E-state index in [1.807, 2.05) is 0 Å². The Morgan fingerprint density at radius 3 is 1.53 bits per heavy atom. The highest BCUT2D eigenvalue weighted by Crippen LogP contribution is 2.62. The third-order valence-electron chi connectivity index (χ3n) is 4.58. The normalized spacial score (nSPS) is 14.4. The maximum atomic E-state index is 13.8. The first kappa shape index (κ1) is 31.2. The number of nitrogens with zero attached hydrogens (tertiary/aromatic N) is 1. The number of alkyl halides is 15. The number of carbonyl (C=O) groups is 1. The van der Waals surface area contributed by atoms with E-state index in [2.05, 4.69) is 0 Å². The van der Waals surface area contributed by atoms with Gasteiger partial charge < -0.3 is 5.32 Å². The van der Waals surface area contributed by atoms with Crippen molar-refractivity contribution < 1.29 is 70.7 Å². The summed E-state index contributed by atoms with van der Waals surface area (Å²) in [7, 11) is 0. The summed E-state index contributed by atoms with van der Waals surface area (Å²) in [6.45, 7) is 0. The highest BCUT2D eigenvalue weighted by molar-refractivity contribution is 5.97. The fourth-order valence-electron chi connectivity index (χ4n) is 2.45. The Bertz CT molecular complexity index is 978. The van der Waals surface area contributed by atoms with Gasteiger partial charge in [-0.3, -0.25) is 4.79 Å². The van der Waals surface area contributed by atoms with Crippen LogP contribution in [0.2, 0.25) is 0 Å². The van der Waals surface area contributed by atoms with Crippen LogP contribution in [-0.2, 0) is 11.2 Å². The van der Waals surface area contributed by atoms with Crippen LogP contribution in [0.15, 0.2) is 24.3 Å². The van der Waals surface area contributed by atoms with Crippen molar-refractivity contribution in [1.82, 2.24) is 0 Å². The van der Waals surface area contributed by atoms with Crippen molar-refractivity contribution >= 4 is 11.6 Å². The number of amides is 1. The highest BCUT2D eigenvalue weighted by Gasteiger charge is 2.94. The molecule has 0 saturated heterocycles. The Balaban J connectivity index is 3.31. The lowest BCUT2D eigenvalue weighted by atomic mass is 9.91. The Kier molecular flexibility index (Phi) is 8.26. The van der Waals surface area contributed by atoms with Gasteiger partial charge in [-0.15, -0.1) is 0 Å². The van der Waals surface area contributed by atoms with Crippen molar-refractivity contribution in [3.05, 3.63) is 29.8 Å². The molecule has 0 aliphatic heterocycles. The molecule has 1 rings (SSSR count). The quantitative estimate of drug-likeness (QED) is 0.254. The van der Waals surface area contributed by atoms with Crippen LogP contribution in [0.1, 0.15) is 18.4 Å². The largest absolute Gasteiger partial charge is 0.460 e. The molecular weight excluding hydrogens is 545 g/mol. The van der Waals surface area contributed by atoms with Gasteiger partial charge in [0.25, 0.3) is 0 Å². The highest BCUT2D eigenvalue weighted by atomic mass is 19.4. The summed E-state index contributed by atoms with van der Waals surface area (Å²) in [5, 5.41) is 9.28. The lowest BCUT2D eigenvalue weighted by molar-refractivity contribution is -0.449. The maximum absolute atomic E-state index is 13.8. The molecule has 1 amide bonds. The number of aryl methyl sites for hydroxylation is 1. The van der Waals surface area contributed by atoms with E-state index in [0.717, 1.165) is 29.6 Å². The van der Waals surface area contributed by atoms with Crippen molar-refractivity contribution in [2.75, 3.05) is 5.32 Å². The molecule has 0 aliphatic carbocycles. The predicted octanol–water partition coefficient (Wildman–Crippen LogP) is 6.85. The molecule has 0 aromatic heterocycles. The second kappa shape index (κ2) is 9.54. The van der Waals surface area contributed by atoms with Gasteiger partial charge in [0.2, 0.25) is 0 Å². The summed E-state index contributed by atoms with van der Waals surface area (Å²) in [5.41, 5.74) is -0.456. The molecule has 18 heteroatoms. The van der Waals surface area contributed by atoms with E-state index in [1.54, 1.807) is 6.07 Å². The average Bonchev–Trinajstić information content (AvgIpc) is 2.73. The van der Waals surface area contributed by atoms with E-state index in [4.69, 9.17) is 5.26 Å². The van der Waals surface area contributed by atoms with Gasteiger partial charge in [-0.2, -0.15) is 71.1 Å². The molecule has 1 N–H and O–H groups in total. The number of halogens is 15. The molecule has 36 heavy (non-hydrogen) atoms. The molecule has 0 radical (unpaired) electrons. The molecule has 0 bridgehead atoms. The van der Waals surface area contributed by atoms with E-state index in [0.29, 0.717) is 12.0 Å². The molecule has 0 heterocycles. The number of hydrogen-bond donors (Lipinski definition) is 1. The van der Waals surface area contributed by atoms with Crippen LogP contribution in [0.25, 0.3) is 0 Å². The Hall–Kier alpha value is -2.87. The maximum Gasteiger partial charge on any atom is 0.460 e. The monoisotopic (exact) mass is 556 g/mol. The lowest BCUT2D eigenvalue weighted by Crippen LogP contribution is -2.73. The molecule has 0 atom stereocenters. The molecule has 0 aliphatic rings. The number of nitrogens with one attached hydrogen (secondary N) is 1. The molecule has 1 aromatic rings. The zero-order chi connectivity index (χ0) is 28.6. The summed E-state index contributed by atoms with van der Waals surface area (Å²) >= 11 is 0. The minimum atomic E-state index is -8.46. The van der Waals surface area contributed by atoms with E-state index in [-0.39, 0.29) is 12.8 Å². The zero-order valence-electron chi connectivity index (χ0n) is 17.0. The summed E-state index contributed by atoms with van der Waals surface area (Å²) < 4.78 is 197. The van der Waals surface area contributed by atoms with Gasteiger partial charge in [0.1, 0.15) is 0 Å². The van der Waals surface area contributed by atoms with E-state index < -0.39 is 53.3 Å². The molecule has 3 nitrogen and oxygen atoms in total. The first-order valence-corrected chi connectivity index (χ1v) is 9.04. The summed E-state index contributed by atoms with van der Waals surface area (Å²) in [6.07, 6.45) is -7.10. The van der Waals surface area contributed by atoms with Gasteiger partial charge in [-0.05, 0) is 30.5 Å². The minimum absolute atomic E-state index is 0.0899. The van der Waals surface area contributed by atoms with Gasteiger partial charge in [0, 0.05) is 12.1 Å². The second-order valence-corrected chi connectivity index (χ2v) is 7.11. The van der Waals surface area contributed by atoms with Gasteiger partial charge >= 0.3 is 47.6 Å². The first-order valence-electron chi connectivity index (χ1n) is 9.04. The molecule has 0 saturated carbocycles. The number of unbranched alkanes of at least 4 members (excludes halogenated alkanes) is 1. The predicted molar refractivity (Wildman–Crippen MR) is 89.4 cm³/mol. The third-order valence-corrected chi connectivity index (χ3v) is 4.58. The van der Waals surface area contributed by atoms with Gasteiger partial charge in [-0.25, -0.2) is 0 Å². The van der Waals surface area contributed by atoms with E-state index in [9.17, 15) is 70.7 Å². The third kappa shape index (κ3) is 4.88. The topological polar surface area (TPSA) is 52.9 Å². The van der Waals surface area contributed by atoms with Crippen LogP contribution in [0.3, 0.4) is 0 Å². The summed E-state index contributed by atoms with van der Waals surface area (Å²) in [6, 6.07) is 5.35. The molecule has 204 valence electrons. The van der Waals surface area contributed by atoms with Crippen LogP contribution in [0.5, 0.6) is 0 Å². The SMILES string of the molecule is N#CCCCc1ccc(NC(=O)C(F)(F)C(F)(F)C(F)(F)C(F)(F)C(F)(F)C(F)(F)C(F)(F)F)cc1. The van der Waals surface area contributed by atoms with Crippen molar-refractivity contribution in [2.24, 2.45) is 0 Å². The lowest BCUT2D eigenvalue weighted by Gasteiger charge is -2.41. The fraction of sp³-hybridized carbons (Fsp3) is 0.556. The second-order valence-electron chi connectivity index (χ2n) is 7.11. The van der Waals surface area contributed by atoms with Crippen LogP contribution in [0, 0.1) is 11.3 Å². The standard InChI is InChI=1S/C18H11F15N2O/c19-12(20,11(36)35-10-6-4-9(5-7-10)3-1-2-8-34)13(21,22)14(23,24)15(25,26)16(27,28)17(29,30)18(31,32)33/h4-7H,1-3H2,(H,35,36). The first-order chi connectivity index (χ1) is 15.9. The number of carbonyl (C=O) groups excluding carboxylic acids is 1. The summed E-state index contributed by atoms with van der Waals surface area (Å²) in [5.74, 6) is -51.7. The Morgan fingerprint density at radius 1 is 0.694 bits per heavy atom. The van der Waals surface area contributed by atoms with E-state index in [1.165, 1.54) is 0 Å².